The number of unbranched alkanes of at least 4 members (excludes halogenated alkanes) is 8. The first kappa shape index (κ1) is 41.3. The number of hydrogen-bond acceptors (Lipinski definition) is 3. The molecule has 5 aliphatic carbocycles. The summed E-state index contributed by atoms with van der Waals surface area (Å²) in [4.78, 5) is 26.2. The molecule has 4 saturated carbocycles. The molecule has 0 aromatic rings. The first-order valence-corrected chi connectivity index (χ1v) is 22.0. The molecule has 8 atom stereocenters. The second-order valence-corrected chi connectivity index (χ2v) is 20.5. The number of carboxylic acid groups (broad SMARTS) is 1. The highest BCUT2D eigenvalue weighted by Gasteiger charge is 2.69. The van der Waals surface area contributed by atoms with Crippen LogP contribution in [0.5, 0.6) is 0 Å². The predicted molar refractivity (Wildman–Crippen MR) is 216 cm³/mol. The van der Waals surface area contributed by atoms with Gasteiger partial charge in [-0.1, -0.05) is 123 Å². The summed E-state index contributed by atoms with van der Waals surface area (Å²) >= 11 is 0. The molecule has 0 bridgehead atoms. The number of hydrogen-bond donors (Lipinski definition) is 1. The maximum absolute atomic E-state index is 13.2. The Morgan fingerprint density at radius 2 is 1.42 bits per heavy atom. The number of aliphatic carboxylic acids is 1. The van der Waals surface area contributed by atoms with Gasteiger partial charge in [0.2, 0.25) is 0 Å². The van der Waals surface area contributed by atoms with E-state index in [2.05, 4.69) is 85.8 Å². The third-order valence-electron chi connectivity index (χ3n) is 16.6. The summed E-state index contributed by atoms with van der Waals surface area (Å²) < 4.78 is 6.38. The number of carboxylic acids is 1. The zero-order valence-corrected chi connectivity index (χ0v) is 34.9. The first-order chi connectivity index (χ1) is 24.6. The summed E-state index contributed by atoms with van der Waals surface area (Å²) in [6.07, 6.45) is 35.5. The average Bonchev–Trinajstić information content (AvgIpc) is 3.07. The summed E-state index contributed by atoms with van der Waals surface area (Å²) in [5.41, 5.74) is 1.41. The van der Waals surface area contributed by atoms with E-state index in [1.807, 2.05) is 0 Å². The molecule has 5 rings (SSSR count). The molecule has 0 unspecified atom stereocenters. The Bertz CT molecular complexity index is 1340. The van der Waals surface area contributed by atoms with Gasteiger partial charge in [-0.15, -0.1) is 0 Å². The number of allylic oxidation sites excluding steroid dienone is 6. The van der Waals surface area contributed by atoms with Gasteiger partial charge in [-0.3, -0.25) is 9.59 Å². The second-order valence-electron chi connectivity index (χ2n) is 20.5. The number of esters is 1. The standard InChI is InChI=1S/C48H78O4/c1-9-10-11-12-13-14-15-16-17-18-19-20-21-22-23-24-41(49)52-40-28-29-45(6)38(44(40,4)5)27-30-47(8)39(45)26-25-36-37-35-43(2,3)31-33-48(37,42(50)51)34-32-46(36,47)7/h13-14,16-17,25,37-40H,9-12,15,18-24,26-35H2,1-8H3,(H,50,51)/t37-,38-,39+,40-,45-,46+,47+,48-/m0/s1. The molecule has 5 aliphatic rings. The molecule has 1 N–H and O–H groups in total. The van der Waals surface area contributed by atoms with Gasteiger partial charge in [-0.2, -0.15) is 0 Å². The van der Waals surface area contributed by atoms with Crippen LogP contribution in [0.15, 0.2) is 36.0 Å². The van der Waals surface area contributed by atoms with Crippen LogP contribution in [0.1, 0.15) is 197 Å². The molecule has 4 fully saturated rings. The van der Waals surface area contributed by atoms with Crippen molar-refractivity contribution in [3.05, 3.63) is 36.0 Å². The summed E-state index contributed by atoms with van der Waals surface area (Å²) in [7, 11) is 0. The zero-order chi connectivity index (χ0) is 37.8. The fourth-order valence-electron chi connectivity index (χ4n) is 13.1. The molecule has 0 amide bonds. The monoisotopic (exact) mass is 719 g/mol. The van der Waals surface area contributed by atoms with Gasteiger partial charge >= 0.3 is 11.9 Å². The Balaban J connectivity index is 1.12. The quantitative estimate of drug-likeness (QED) is 0.0980. The predicted octanol–water partition coefficient (Wildman–Crippen LogP) is 13.6. The minimum atomic E-state index is -0.586. The van der Waals surface area contributed by atoms with E-state index in [1.54, 1.807) is 0 Å². The molecule has 4 heteroatoms. The van der Waals surface area contributed by atoms with E-state index < -0.39 is 11.4 Å². The van der Waals surface area contributed by atoms with E-state index in [1.165, 1.54) is 63.4 Å². The van der Waals surface area contributed by atoms with Crippen molar-refractivity contribution in [3.63, 3.8) is 0 Å². The van der Waals surface area contributed by atoms with Crippen molar-refractivity contribution in [3.8, 4) is 0 Å². The Labute approximate surface area is 319 Å². The Morgan fingerprint density at radius 1 is 0.769 bits per heavy atom. The van der Waals surface area contributed by atoms with Gasteiger partial charge in [0.15, 0.2) is 0 Å². The van der Waals surface area contributed by atoms with E-state index in [0.717, 1.165) is 77.0 Å². The highest BCUT2D eigenvalue weighted by atomic mass is 16.5. The minimum Gasteiger partial charge on any atom is -0.481 e. The first-order valence-electron chi connectivity index (χ1n) is 22.0. The molecule has 0 heterocycles. The van der Waals surface area contributed by atoms with Gasteiger partial charge in [0.25, 0.3) is 0 Å². The van der Waals surface area contributed by atoms with Crippen molar-refractivity contribution in [1.82, 2.24) is 0 Å². The van der Waals surface area contributed by atoms with Gasteiger partial charge in [0, 0.05) is 11.8 Å². The van der Waals surface area contributed by atoms with Crippen molar-refractivity contribution in [2.45, 2.75) is 203 Å². The highest BCUT2D eigenvalue weighted by molar-refractivity contribution is 5.76. The van der Waals surface area contributed by atoms with Crippen LogP contribution in [0.3, 0.4) is 0 Å². The minimum absolute atomic E-state index is 0.00489. The topological polar surface area (TPSA) is 63.6 Å². The maximum atomic E-state index is 13.2. The normalized spacial score (nSPS) is 37.8. The van der Waals surface area contributed by atoms with Crippen LogP contribution in [-0.2, 0) is 14.3 Å². The molecular weight excluding hydrogens is 641 g/mol. The van der Waals surface area contributed by atoms with Crippen molar-refractivity contribution in [2.24, 2.45) is 50.2 Å². The van der Waals surface area contributed by atoms with E-state index in [-0.39, 0.29) is 45.1 Å². The number of ether oxygens (including phenoxy) is 1. The smallest absolute Gasteiger partial charge is 0.310 e. The number of carbonyl (C=O) groups excluding carboxylic acids is 1. The zero-order valence-electron chi connectivity index (χ0n) is 34.9. The van der Waals surface area contributed by atoms with Gasteiger partial charge in [0.05, 0.1) is 5.41 Å². The van der Waals surface area contributed by atoms with Crippen molar-refractivity contribution in [2.75, 3.05) is 0 Å². The lowest BCUT2D eigenvalue weighted by molar-refractivity contribution is -0.214. The van der Waals surface area contributed by atoms with Crippen molar-refractivity contribution < 1.29 is 19.4 Å². The van der Waals surface area contributed by atoms with Crippen LogP contribution in [0.2, 0.25) is 0 Å². The van der Waals surface area contributed by atoms with Crippen molar-refractivity contribution >= 4 is 11.9 Å². The van der Waals surface area contributed by atoms with Gasteiger partial charge in [0.1, 0.15) is 6.10 Å². The second kappa shape index (κ2) is 16.5. The number of fused-ring (bicyclic) bond motifs is 7. The molecule has 52 heavy (non-hydrogen) atoms. The fourth-order valence-corrected chi connectivity index (χ4v) is 13.1. The van der Waals surface area contributed by atoms with Crippen LogP contribution < -0.4 is 0 Å². The summed E-state index contributed by atoms with van der Waals surface area (Å²) in [5.74, 6) is 0.676. The maximum Gasteiger partial charge on any atom is 0.310 e. The molecule has 0 aromatic carbocycles. The largest absolute Gasteiger partial charge is 0.481 e. The van der Waals surface area contributed by atoms with Gasteiger partial charge < -0.3 is 9.84 Å². The van der Waals surface area contributed by atoms with Crippen LogP contribution in [-0.4, -0.2) is 23.1 Å². The van der Waals surface area contributed by atoms with E-state index in [9.17, 15) is 14.7 Å². The summed E-state index contributed by atoms with van der Waals surface area (Å²) in [6.45, 7) is 19.5. The molecule has 294 valence electrons. The molecule has 4 nitrogen and oxygen atoms in total. The number of rotatable bonds is 16. The highest BCUT2D eigenvalue weighted by Crippen LogP contribution is 2.75. The SMILES string of the molecule is CCCCCC=CCC=CCCCCCCCC(=O)O[C@H]1CC[C@]2(C)[C@H]3CC=C4[C@@H]5CC(C)(C)CC[C@]5(C(=O)O)CC[C@@]4(C)[C@]3(C)CC[C@H]2C1(C)C. The lowest BCUT2D eigenvalue weighted by Gasteiger charge is -2.71. The average molecular weight is 719 g/mol. The van der Waals surface area contributed by atoms with Crippen LogP contribution in [0.4, 0.5) is 0 Å². The Kier molecular flexibility index (Phi) is 13.1. The van der Waals surface area contributed by atoms with E-state index in [0.29, 0.717) is 18.3 Å². The fraction of sp³-hybridized carbons (Fsp3) is 0.833. The van der Waals surface area contributed by atoms with Crippen LogP contribution >= 0.6 is 0 Å². The molecule has 0 spiro atoms. The summed E-state index contributed by atoms with van der Waals surface area (Å²) in [6, 6.07) is 0. The molecular formula is C48H78O4. The van der Waals surface area contributed by atoms with Crippen molar-refractivity contribution in [1.29, 1.82) is 0 Å². The molecule has 0 saturated heterocycles. The number of carbonyl (C=O) groups is 2. The third-order valence-corrected chi connectivity index (χ3v) is 16.6. The van der Waals surface area contributed by atoms with Crippen LogP contribution in [0.25, 0.3) is 0 Å². The summed E-state index contributed by atoms with van der Waals surface area (Å²) in [5, 5.41) is 10.7. The third kappa shape index (κ3) is 7.94. The van der Waals surface area contributed by atoms with E-state index in [4.69, 9.17) is 4.74 Å². The lowest BCUT2D eigenvalue weighted by Crippen LogP contribution is -2.65. The Hall–Kier alpha value is -1.84. The van der Waals surface area contributed by atoms with E-state index >= 15 is 0 Å². The molecule has 0 radical (unpaired) electrons. The molecule has 0 aromatic heterocycles. The lowest BCUT2D eigenvalue weighted by atomic mass is 9.33. The van der Waals surface area contributed by atoms with Gasteiger partial charge in [-0.25, -0.2) is 0 Å². The Morgan fingerprint density at radius 3 is 2.12 bits per heavy atom. The molecule has 0 aliphatic heterocycles. The van der Waals surface area contributed by atoms with Crippen LogP contribution in [0, 0.1) is 50.2 Å². The van der Waals surface area contributed by atoms with Gasteiger partial charge in [-0.05, 0) is 142 Å².